The quantitative estimate of drug-likeness (QED) is 0.190. The Bertz CT molecular complexity index is 1380. The van der Waals surface area contributed by atoms with E-state index in [4.69, 9.17) is 4.42 Å². The molecule has 1 aromatic heterocycles. The number of carbonyl (C=O) groups is 1. The summed E-state index contributed by atoms with van der Waals surface area (Å²) in [7, 11) is -0.239. The number of benzene rings is 3. The minimum Gasteiger partial charge on any atom is -0.544 e. The Morgan fingerprint density at radius 1 is 0.703 bits per heavy atom. The van der Waals surface area contributed by atoms with Gasteiger partial charge in [0.15, 0.2) is 14.7 Å². The number of rotatable bonds is 5. The Kier molecular flexibility index (Phi) is 8.01. The topological polar surface area (TPSA) is 70.3 Å². The van der Waals surface area contributed by atoms with Crippen molar-refractivity contribution in [1.82, 2.24) is 0 Å². The smallest absolute Gasteiger partial charge is 0.460 e. The second-order valence-electron chi connectivity index (χ2n) is 7.32. The van der Waals surface area contributed by atoms with Crippen LogP contribution in [-0.4, -0.2) is 24.0 Å². The number of carboxylic acids is 1. The monoisotopic (exact) mass is 544 g/mol. The molecule has 0 saturated carbocycles. The van der Waals surface area contributed by atoms with Crippen LogP contribution in [0.1, 0.15) is 0 Å². The molecule has 0 spiro atoms. The maximum Gasteiger partial charge on any atom is 0.460 e. The molecule has 4 nitrogen and oxygen atoms in total. The Labute approximate surface area is 207 Å². The Hall–Kier alpha value is -3.80. The van der Waals surface area contributed by atoms with Gasteiger partial charge in [0.1, 0.15) is 11.6 Å². The summed E-state index contributed by atoms with van der Waals surface area (Å²) in [5.74, 6) is -16.7. The fourth-order valence-corrected chi connectivity index (χ4v) is 5.10. The van der Waals surface area contributed by atoms with Gasteiger partial charge in [-0.1, -0.05) is 36.4 Å². The van der Waals surface area contributed by atoms with Crippen LogP contribution >= 0.6 is 0 Å². The Balaban J connectivity index is 0.000000251. The normalized spacial score (nSPS) is 12.2. The lowest BCUT2D eigenvalue weighted by atomic mass is 10.1. The summed E-state index contributed by atoms with van der Waals surface area (Å²) in [5, 5.41) is 10.2. The van der Waals surface area contributed by atoms with E-state index >= 15 is 0 Å². The highest BCUT2D eigenvalue weighted by Gasteiger charge is 2.73. The molecule has 3 aromatic carbocycles. The lowest BCUT2D eigenvalue weighted by Crippen LogP contribution is -2.60. The van der Waals surface area contributed by atoms with Gasteiger partial charge in [-0.2, -0.15) is 30.7 Å². The molecule has 0 aliphatic carbocycles. The molecule has 0 atom stereocenters. The largest absolute Gasteiger partial charge is 0.544 e. The fraction of sp³-hybridized carbons (Fsp3) is 0.120. The van der Waals surface area contributed by atoms with Crippen LogP contribution in [0, 0.1) is 0 Å². The Morgan fingerprint density at radius 2 is 1.19 bits per heavy atom. The maximum absolute atomic E-state index is 11.7. The van der Waals surface area contributed by atoms with E-state index < -0.39 is 24.0 Å². The van der Waals surface area contributed by atoms with Crippen LogP contribution < -0.4 is 10.7 Å². The van der Waals surface area contributed by atoms with E-state index in [0.29, 0.717) is 5.58 Å². The van der Waals surface area contributed by atoms with Crippen molar-refractivity contribution in [3.05, 3.63) is 101 Å². The van der Waals surface area contributed by atoms with Crippen molar-refractivity contribution in [1.29, 1.82) is 0 Å². The third-order valence-electron chi connectivity index (χ3n) is 4.79. The second kappa shape index (κ2) is 10.7. The van der Waals surface area contributed by atoms with E-state index in [9.17, 15) is 45.4 Å². The van der Waals surface area contributed by atoms with E-state index in [2.05, 4.69) is 54.6 Å². The molecule has 0 radical (unpaired) electrons. The van der Waals surface area contributed by atoms with Gasteiger partial charge in [0.25, 0.3) is 0 Å². The molecule has 0 fully saturated rings. The molecular weight excluding hydrogens is 529 g/mol. The average Bonchev–Trinajstić information content (AvgIpc) is 2.85. The summed E-state index contributed by atoms with van der Waals surface area (Å²) < 4.78 is 85.6. The summed E-state index contributed by atoms with van der Waals surface area (Å²) >= 11 is 0. The molecule has 194 valence electrons. The average molecular weight is 544 g/mol. The van der Waals surface area contributed by atoms with E-state index in [1.54, 1.807) is 6.07 Å². The van der Waals surface area contributed by atoms with Gasteiger partial charge in [-0.3, -0.25) is 0 Å². The molecule has 0 aliphatic heterocycles. The molecule has 0 amide bonds. The number of fused-ring (bicyclic) bond motifs is 1. The van der Waals surface area contributed by atoms with Crippen LogP contribution in [0.15, 0.2) is 115 Å². The van der Waals surface area contributed by atoms with Crippen LogP contribution in [0.4, 0.5) is 30.7 Å². The van der Waals surface area contributed by atoms with E-state index in [1.165, 1.54) is 15.9 Å². The predicted molar refractivity (Wildman–Crippen MR) is 118 cm³/mol. The van der Waals surface area contributed by atoms with Crippen molar-refractivity contribution >= 4 is 27.8 Å². The van der Waals surface area contributed by atoms with Crippen molar-refractivity contribution in [2.45, 2.75) is 32.7 Å². The summed E-state index contributed by atoms with van der Waals surface area (Å²) in [5.41, 5.74) is 0.309. The molecule has 37 heavy (non-hydrogen) atoms. The Morgan fingerprint density at radius 3 is 1.62 bits per heavy atom. The maximum atomic E-state index is 11.7. The number of carboxylic acid groups (broad SMARTS) is 1. The van der Waals surface area contributed by atoms with Crippen molar-refractivity contribution < 1.29 is 45.1 Å². The third kappa shape index (κ3) is 5.96. The molecule has 0 N–H and O–H groups in total. The van der Waals surface area contributed by atoms with Crippen molar-refractivity contribution in [3.8, 4) is 0 Å². The zero-order chi connectivity index (χ0) is 27.4. The minimum absolute atomic E-state index is 0.239. The van der Waals surface area contributed by atoms with Gasteiger partial charge in [0.2, 0.25) is 0 Å². The van der Waals surface area contributed by atoms with Gasteiger partial charge >= 0.3 is 23.6 Å². The molecule has 4 aromatic rings. The number of aliphatic carboxylic acids is 1. The number of hydrogen-bond acceptors (Lipinski definition) is 4. The first-order chi connectivity index (χ1) is 17.3. The molecule has 4 rings (SSSR count). The highest BCUT2D eigenvalue weighted by Crippen LogP contribution is 2.46. The molecule has 0 bridgehead atoms. The fourth-order valence-electron chi connectivity index (χ4n) is 3.00. The van der Waals surface area contributed by atoms with Gasteiger partial charge in [0, 0.05) is 17.5 Å². The molecule has 1 heterocycles. The minimum atomic E-state index is -6.64. The van der Waals surface area contributed by atoms with Crippen LogP contribution in [0.25, 0.3) is 11.0 Å². The molecule has 0 saturated heterocycles. The van der Waals surface area contributed by atoms with E-state index in [1.807, 2.05) is 24.3 Å². The van der Waals surface area contributed by atoms with Crippen molar-refractivity contribution in [2.75, 3.05) is 0 Å². The summed E-state index contributed by atoms with van der Waals surface area (Å²) in [6, 6.07) is 30.2. The van der Waals surface area contributed by atoms with Gasteiger partial charge in [-0.05, 0) is 42.5 Å². The standard InChI is InChI=1S/C21H15O2S.C4HF7O2/c22-21-14-12-16-11-13-19(15-20(16)23-21)24(17-7-3-1-4-8-17)18-9-5-2-6-10-18;5-2(6,1(12)13)3(7,8)4(9,10)11/h1-15H;(H,12,13)/q+1;/p-1. The van der Waals surface area contributed by atoms with Crippen molar-refractivity contribution in [2.24, 2.45) is 0 Å². The number of halogens is 7. The first-order valence-corrected chi connectivity index (χ1v) is 11.4. The number of alkyl halides is 7. The number of hydrogen-bond donors (Lipinski definition) is 0. The van der Waals surface area contributed by atoms with Crippen LogP contribution in [-0.2, 0) is 15.7 Å². The summed E-state index contributed by atoms with van der Waals surface area (Å²) in [6.07, 6.45) is -6.64. The third-order valence-corrected chi connectivity index (χ3v) is 7.01. The summed E-state index contributed by atoms with van der Waals surface area (Å²) in [4.78, 5) is 24.4. The van der Waals surface area contributed by atoms with E-state index in [-0.39, 0.29) is 16.5 Å². The number of carbonyl (C=O) groups excluding carboxylic acids is 1. The molecule has 0 aliphatic rings. The highest BCUT2D eigenvalue weighted by molar-refractivity contribution is 7.97. The van der Waals surface area contributed by atoms with Gasteiger partial charge in [-0.25, -0.2) is 4.79 Å². The molecular formula is C25H15F7O4S. The van der Waals surface area contributed by atoms with Gasteiger partial charge < -0.3 is 14.3 Å². The SMILES string of the molecule is O=C([O-])C(F)(F)C(F)(F)C(F)(F)F.O=c1ccc2ccc([S+](c3ccccc3)c3ccccc3)cc2o1. The molecule has 12 heteroatoms. The van der Waals surface area contributed by atoms with Gasteiger partial charge in [-0.15, -0.1) is 0 Å². The highest BCUT2D eigenvalue weighted by atomic mass is 32.2. The van der Waals surface area contributed by atoms with E-state index in [0.717, 1.165) is 10.3 Å². The molecule has 0 unspecified atom stereocenters. The zero-order valence-electron chi connectivity index (χ0n) is 18.3. The van der Waals surface area contributed by atoms with Crippen LogP contribution in [0.2, 0.25) is 0 Å². The summed E-state index contributed by atoms with van der Waals surface area (Å²) in [6.45, 7) is 0. The predicted octanol–water partition coefficient (Wildman–Crippen LogP) is 5.46. The zero-order valence-corrected chi connectivity index (χ0v) is 19.2. The lowest BCUT2D eigenvalue weighted by Gasteiger charge is -2.28. The van der Waals surface area contributed by atoms with Crippen LogP contribution in [0.5, 0.6) is 0 Å². The second-order valence-corrected chi connectivity index (χ2v) is 9.35. The van der Waals surface area contributed by atoms with Gasteiger partial charge in [0.05, 0.1) is 10.9 Å². The van der Waals surface area contributed by atoms with Crippen LogP contribution in [0.3, 0.4) is 0 Å². The first-order valence-electron chi connectivity index (χ1n) is 10.2. The first kappa shape index (κ1) is 27.8. The lowest BCUT2D eigenvalue weighted by molar-refractivity contribution is -0.387. The van der Waals surface area contributed by atoms with Crippen molar-refractivity contribution in [3.63, 3.8) is 0 Å².